The molecule has 1 N–H and O–H groups in total. The van der Waals surface area contributed by atoms with Crippen molar-refractivity contribution in [3.8, 4) is 0 Å². The molecule has 1 aromatic rings. The number of carboxylic acids is 1. The maximum Gasteiger partial charge on any atom is 0.305 e. The van der Waals surface area contributed by atoms with Gasteiger partial charge in [-0.15, -0.1) is 0 Å². The molecule has 3 nitrogen and oxygen atoms in total. The Morgan fingerprint density at radius 3 is 2.00 bits per heavy atom. The zero-order chi connectivity index (χ0) is 14.6. The van der Waals surface area contributed by atoms with Crippen LogP contribution in [0.4, 0.5) is 0 Å². The summed E-state index contributed by atoms with van der Waals surface area (Å²) in [6, 6.07) is 6.33. The van der Waals surface area contributed by atoms with Crippen LogP contribution < -0.4 is 0 Å². The molecule has 0 fully saturated rings. The molecular formula is C16H25NO2. The number of aryl methyl sites for hydroxylation is 2. The van der Waals surface area contributed by atoms with Crippen LogP contribution >= 0.6 is 0 Å². The highest BCUT2D eigenvalue weighted by molar-refractivity contribution is 5.69. The molecule has 0 bridgehead atoms. The minimum Gasteiger partial charge on any atom is -0.481 e. The van der Waals surface area contributed by atoms with Gasteiger partial charge in [-0.2, -0.15) is 0 Å². The Bertz CT molecular complexity index is 432. The molecule has 1 aromatic carbocycles. The first-order valence-corrected chi connectivity index (χ1v) is 6.89. The van der Waals surface area contributed by atoms with Crippen molar-refractivity contribution in [1.82, 2.24) is 4.90 Å². The van der Waals surface area contributed by atoms with Crippen molar-refractivity contribution in [2.24, 2.45) is 0 Å². The molecule has 0 heterocycles. The van der Waals surface area contributed by atoms with Gasteiger partial charge in [-0.1, -0.05) is 43.2 Å². The summed E-state index contributed by atoms with van der Waals surface area (Å²) in [5, 5.41) is 9.26. The Kier molecular flexibility index (Phi) is 5.12. The zero-order valence-corrected chi connectivity index (χ0v) is 12.7. The molecule has 0 aliphatic rings. The first-order valence-electron chi connectivity index (χ1n) is 6.89. The first-order chi connectivity index (χ1) is 8.83. The summed E-state index contributed by atoms with van der Waals surface area (Å²) >= 11 is 0. The molecule has 1 rings (SSSR count). The standard InChI is InChI=1S/C16H25NO2/c1-6-17(7-2)16(5,11-15(18)19)14-9-12(3)8-13(4)10-14/h8-10H,6-7,11H2,1-5H3,(H,18,19). The van der Waals surface area contributed by atoms with Crippen LogP contribution in [0, 0.1) is 13.8 Å². The second-order valence-electron chi connectivity index (χ2n) is 5.39. The number of carbonyl (C=O) groups is 1. The van der Waals surface area contributed by atoms with E-state index in [1.165, 1.54) is 11.1 Å². The molecule has 0 spiro atoms. The van der Waals surface area contributed by atoms with Crippen LogP contribution in [0.15, 0.2) is 18.2 Å². The summed E-state index contributed by atoms with van der Waals surface area (Å²) in [5.41, 5.74) is 3.00. The first kappa shape index (κ1) is 15.7. The molecule has 0 aliphatic carbocycles. The van der Waals surface area contributed by atoms with Crippen molar-refractivity contribution in [2.45, 2.75) is 46.6 Å². The van der Waals surface area contributed by atoms with Crippen molar-refractivity contribution in [1.29, 1.82) is 0 Å². The molecule has 106 valence electrons. The Morgan fingerprint density at radius 2 is 1.63 bits per heavy atom. The average Bonchev–Trinajstić information content (AvgIpc) is 2.28. The van der Waals surface area contributed by atoms with E-state index < -0.39 is 11.5 Å². The SMILES string of the molecule is CCN(CC)C(C)(CC(=O)O)c1cc(C)cc(C)c1. The van der Waals surface area contributed by atoms with Crippen molar-refractivity contribution in [3.05, 3.63) is 34.9 Å². The van der Waals surface area contributed by atoms with E-state index in [-0.39, 0.29) is 6.42 Å². The molecule has 0 saturated carbocycles. The van der Waals surface area contributed by atoms with Crippen LogP contribution in [0.25, 0.3) is 0 Å². The molecule has 19 heavy (non-hydrogen) atoms. The lowest BCUT2D eigenvalue weighted by Crippen LogP contribution is -2.45. The summed E-state index contributed by atoms with van der Waals surface area (Å²) in [4.78, 5) is 13.5. The van der Waals surface area contributed by atoms with Crippen LogP contribution in [0.5, 0.6) is 0 Å². The predicted octanol–water partition coefficient (Wildman–Crippen LogP) is 3.34. The molecule has 1 atom stereocenters. The van der Waals surface area contributed by atoms with Gasteiger partial charge in [0.25, 0.3) is 0 Å². The summed E-state index contributed by atoms with van der Waals surface area (Å²) in [6.07, 6.45) is 0.123. The summed E-state index contributed by atoms with van der Waals surface area (Å²) in [5.74, 6) is -0.756. The third-order valence-corrected chi connectivity index (χ3v) is 3.80. The molecule has 0 amide bonds. The second-order valence-corrected chi connectivity index (χ2v) is 5.39. The zero-order valence-electron chi connectivity index (χ0n) is 12.7. The number of hydrogen-bond acceptors (Lipinski definition) is 2. The van der Waals surface area contributed by atoms with Crippen molar-refractivity contribution >= 4 is 5.97 Å². The van der Waals surface area contributed by atoms with E-state index in [9.17, 15) is 9.90 Å². The highest BCUT2D eigenvalue weighted by Crippen LogP contribution is 2.33. The molecule has 1 unspecified atom stereocenters. The minimum absolute atomic E-state index is 0.123. The van der Waals surface area contributed by atoms with E-state index in [1.54, 1.807) is 0 Å². The predicted molar refractivity (Wildman–Crippen MR) is 78.4 cm³/mol. The fourth-order valence-corrected chi connectivity index (χ4v) is 2.90. The van der Waals surface area contributed by atoms with Crippen LogP contribution in [-0.2, 0) is 10.3 Å². The lowest BCUT2D eigenvalue weighted by atomic mass is 9.85. The topological polar surface area (TPSA) is 40.5 Å². The lowest BCUT2D eigenvalue weighted by Gasteiger charge is -2.40. The number of hydrogen-bond donors (Lipinski definition) is 1. The fraction of sp³-hybridized carbons (Fsp3) is 0.562. The number of carboxylic acid groups (broad SMARTS) is 1. The van der Waals surface area contributed by atoms with E-state index in [2.05, 4.69) is 50.8 Å². The molecular weight excluding hydrogens is 238 g/mol. The van der Waals surface area contributed by atoms with E-state index in [0.717, 1.165) is 18.7 Å². The van der Waals surface area contributed by atoms with E-state index in [1.807, 2.05) is 6.92 Å². The minimum atomic E-state index is -0.756. The van der Waals surface area contributed by atoms with Gasteiger partial charge in [-0.3, -0.25) is 9.69 Å². The third kappa shape index (κ3) is 3.57. The monoisotopic (exact) mass is 263 g/mol. The molecule has 0 radical (unpaired) electrons. The number of nitrogens with zero attached hydrogens (tertiary/aromatic N) is 1. The van der Waals surface area contributed by atoms with Crippen molar-refractivity contribution < 1.29 is 9.90 Å². The average molecular weight is 263 g/mol. The van der Waals surface area contributed by atoms with Crippen LogP contribution in [0.2, 0.25) is 0 Å². The second kappa shape index (κ2) is 6.20. The Labute approximate surface area is 116 Å². The smallest absolute Gasteiger partial charge is 0.305 e. The van der Waals surface area contributed by atoms with Gasteiger partial charge in [0.1, 0.15) is 0 Å². The van der Waals surface area contributed by atoms with Gasteiger partial charge in [0.05, 0.1) is 12.0 Å². The third-order valence-electron chi connectivity index (χ3n) is 3.80. The molecule has 0 aromatic heterocycles. The number of benzene rings is 1. The van der Waals surface area contributed by atoms with Gasteiger partial charge in [-0.25, -0.2) is 0 Å². The van der Waals surface area contributed by atoms with E-state index in [0.29, 0.717) is 0 Å². The van der Waals surface area contributed by atoms with Gasteiger partial charge in [0.15, 0.2) is 0 Å². The Balaban J connectivity index is 3.32. The summed E-state index contributed by atoms with van der Waals surface area (Å²) in [6.45, 7) is 12.0. The fourth-order valence-electron chi connectivity index (χ4n) is 2.90. The van der Waals surface area contributed by atoms with Gasteiger partial charge in [-0.05, 0) is 39.4 Å². The van der Waals surface area contributed by atoms with Crippen molar-refractivity contribution in [3.63, 3.8) is 0 Å². The number of rotatable bonds is 6. The largest absolute Gasteiger partial charge is 0.481 e. The van der Waals surface area contributed by atoms with Gasteiger partial charge in [0, 0.05) is 0 Å². The highest BCUT2D eigenvalue weighted by Gasteiger charge is 2.34. The van der Waals surface area contributed by atoms with E-state index in [4.69, 9.17) is 0 Å². The van der Waals surface area contributed by atoms with Gasteiger partial charge in [0.2, 0.25) is 0 Å². The van der Waals surface area contributed by atoms with Crippen LogP contribution in [0.1, 0.15) is 43.9 Å². The number of aliphatic carboxylic acids is 1. The summed E-state index contributed by atoms with van der Waals surface area (Å²) < 4.78 is 0. The maximum absolute atomic E-state index is 11.3. The Hall–Kier alpha value is -1.35. The lowest BCUT2D eigenvalue weighted by molar-refractivity contribution is -0.140. The highest BCUT2D eigenvalue weighted by atomic mass is 16.4. The van der Waals surface area contributed by atoms with E-state index >= 15 is 0 Å². The van der Waals surface area contributed by atoms with Gasteiger partial charge >= 0.3 is 5.97 Å². The normalized spacial score (nSPS) is 14.4. The molecule has 0 saturated heterocycles. The van der Waals surface area contributed by atoms with Crippen LogP contribution in [-0.4, -0.2) is 29.1 Å². The van der Waals surface area contributed by atoms with Gasteiger partial charge < -0.3 is 5.11 Å². The van der Waals surface area contributed by atoms with Crippen LogP contribution in [0.3, 0.4) is 0 Å². The van der Waals surface area contributed by atoms with Crippen molar-refractivity contribution in [2.75, 3.05) is 13.1 Å². The maximum atomic E-state index is 11.3. The molecule has 3 heteroatoms. The summed E-state index contributed by atoms with van der Waals surface area (Å²) in [7, 11) is 0. The molecule has 0 aliphatic heterocycles. The Morgan fingerprint density at radius 1 is 1.16 bits per heavy atom. The quantitative estimate of drug-likeness (QED) is 0.855.